The van der Waals surface area contributed by atoms with Crippen LogP contribution in [0.5, 0.6) is 0 Å². The van der Waals surface area contributed by atoms with Gasteiger partial charge in [0, 0.05) is 19.7 Å². The van der Waals surface area contributed by atoms with E-state index in [1.807, 2.05) is 6.92 Å². The van der Waals surface area contributed by atoms with Crippen molar-refractivity contribution in [2.45, 2.75) is 13.0 Å². The highest BCUT2D eigenvalue weighted by molar-refractivity contribution is 5.74. The second-order valence-corrected chi connectivity index (χ2v) is 3.04. The number of nitrogens with one attached hydrogen (secondary N) is 1. The molecule has 1 atom stereocenters. The molecule has 0 fully saturated rings. The Kier molecular flexibility index (Phi) is 9.40. The van der Waals surface area contributed by atoms with Crippen molar-refractivity contribution in [2.24, 2.45) is 5.73 Å². The van der Waals surface area contributed by atoms with Gasteiger partial charge in [-0.2, -0.15) is 0 Å². The Labute approximate surface area is 89.7 Å². The summed E-state index contributed by atoms with van der Waals surface area (Å²) >= 11 is 0. The van der Waals surface area contributed by atoms with E-state index < -0.39 is 12.0 Å². The number of carbonyl (C=O) groups is 1. The molecule has 0 radical (unpaired) electrons. The second-order valence-electron chi connectivity index (χ2n) is 3.04. The van der Waals surface area contributed by atoms with Crippen molar-refractivity contribution in [1.29, 1.82) is 0 Å². The molecule has 0 rings (SSSR count). The van der Waals surface area contributed by atoms with E-state index in [4.69, 9.17) is 15.2 Å². The maximum atomic E-state index is 10.3. The average Bonchev–Trinajstić information content (AvgIpc) is 2.19. The van der Waals surface area contributed by atoms with Crippen molar-refractivity contribution < 1.29 is 19.4 Å². The van der Waals surface area contributed by atoms with E-state index in [-0.39, 0.29) is 6.61 Å². The van der Waals surface area contributed by atoms with Gasteiger partial charge in [-0.1, -0.05) is 0 Å². The third-order valence-electron chi connectivity index (χ3n) is 1.56. The molecule has 0 heterocycles. The maximum Gasteiger partial charge on any atom is 0.243 e. The number of ether oxygens (including phenoxy) is 2. The molecule has 0 spiro atoms. The maximum absolute atomic E-state index is 10.3. The molecule has 6 heteroatoms. The standard InChI is InChI=1S/C9H20N2O4/c1-2-14-6-8(12)5-11-3-4-15-7-9(10)13/h8,11-12H,2-7H2,1H3,(H2,10,13). The lowest BCUT2D eigenvalue weighted by atomic mass is 10.4. The molecule has 1 unspecified atom stereocenters. The summed E-state index contributed by atoms with van der Waals surface area (Å²) in [5.41, 5.74) is 4.87. The number of nitrogens with two attached hydrogens (primary N) is 1. The van der Waals surface area contributed by atoms with Gasteiger partial charge in [-0.05, 0) is 6.92 Å². The summed E-state index contributed by atoms with van der Waals surface area (Å²) in [6.45, 7) is 4.13. The SMILES string of the molecule is CCOCC(O)CNCCOCC(N)=O. The van der Waals surface area contributed by atoms with Crippen LogP contribution in [0.4, 0.5) is 0 Å². The first-order chi connectivity index (χ1) is 7.16. The van der Waals surface area contributed by atoms with E-state index in [9.17, 15) is 9.90 Å². The van der Waals surface area contributed by atoms with Crippen molar-refractivity contribution in [3.8, 4) is 0 Å². The number of hydrogen-bond donors (Lipinski definition) is 3. The highest BCUT2D eigenvalue weighted by Gasteiger charge is 2.02. The van der Waals surface area contributed by atoms with E-state index in [0.717, 1.165) is 0 Å². The highest BCUT2D eigenvalue weighted by Crippen LogP contribution is 1.83. The molecular weight excluding hydrogens is 200 g/mol. The van der Waals surface area contributed by atoms with Gasteiger partial charge in [-0.15, -0.1) is 0 Å². The number of amides is 1. The lowest BCUT2D eigenvalue weighted by molar-refractivity contribution is -0.122. The Morgan fingerprint density at radius 2 is 2.27 bits per heavy atom. The fourth-order valence-electron chi connectivity index (χ4n) is 0.899. The van der Waals surface area contributed by atoms with Gasteiger partial charge in [0.2, 0.25) is 5.91 Å². The molecule has 0 aliphatic carbocycles. The van der Waals surface area contributed by atoms with Gasteiger partial charge in [0.15, 0.2) is 0 Å². The van der Waals surface area contributed by atoms with Gasteiger partial charge in [-0.25, -0.2) is 0 Å². The van der Waals surface area contributed by atoms with Gasteiger partial charge in [0.1, 0.15) is 6.61 Å². The van der Waals surface area contributed by atoms with Crippen LogP contribution in [-0.2, 0) is 14.3 Å². The second kappa shape index (κ2) is 9.85. The van der Waals surface area contributed by atoms with Crippen molar-refractivity contribution >= 4 is 5.91 Å². The molecule has 0 aromatic heterocycles. The van der Waals surface area contributed by atoms with Crippen LogP contribution in [0.1, 0.15) is 6.92 Å². The number of hydrogen-bond acceptors (Lipinski definition) is 5. The first-order valence-electron chi connectivity index (χ1n) is 4.99. The first-order valence-corrected chi connectivity index (χ1v) is 4.99. The Morgan fingerprint density at radius 3 is 2.87 bits per heavy atom. The number of aliphatic hydroxyl groups is 1. The number of primary amides is 1. The molecule has 0 aliphatic rings. The van der Waals surface area contributed by atoms with E-state index >= 15 is 0 Å². The molecule has 1 amide bonds. The topological polar surface area (TPSA) is 93.8 Å². The van der Waals surface area contributed by atoms with Gasteiger partial charge >= 0.3 is 0 Å². The Balaban J connectivity index is 3.12. The third-order valence-corrected chi connectivity index (χ3v) is 1.56. The largest absolute Gasteiger partial charge is 0.389 e. The number of carbonyl (C=O) groups excluding carboxylic acids is 1. The van der Waals surface area contributed by atoms with Crippen molar-refractivity contribution in [3.63, 3.8) is 0 Å². The minimum Gasteiger partial charge on any atom is -0.389 e. The fourth-order valence-corrected chi connectivity index (χ4v) is 0.899. The predicted octanol–water partition coefficient (Wildman–Crippen LogP) is -1.52. The molecule has 90 valence electrons. The normalized spacial score (nSPS) is 12.7. The van der Waals surface area contributed by atoms with E-state index in [1.165, 1.54) is 0 Å². The fraction of sp³-hybridized carbons (Fsp3) is 0.889. The van der Waals surface area contributed by atoms with Gasteiger partial charge in [0.25, 0.3) is 0 Å². The molecule has 0 saturated heterocycles. The minimum absolute atomic E-state index is 0.0663. The number of rotatable bonds is 10. The molecule has 0 saturated carbocycles. The zero-order valence-electron chi connectivity index (χ0n) is 9.07. The van der Waals surface area contributed by atoms with Crippen LogP contribution in [0.25, 0.3) is 0 Å². The summed E-state index contributed by atoms with van der Waals surface area (Å²) < 4.78 is 9.93. The summed E-state index contributed by atoms with van der Waals surface area (Å²) in [7, 11) is 0. The van der Waals surface area contributed by atoms with Crippen LogP contribution in [0, 0.1) is 0 Å². The first kappa shape index (κ1) is 14.3. The third kappa shape index (κ3) is 11.2. The Bertz CT molecular complexity index is 166. The monoisotopic (exact) mass is 220 g/mol. The Hall–Kier alpha value is -0.690. The summed E-state index contributed by atoms with van der Waals surface area (Å²) in [6.07, 6.45) is -0.513. The molecular formula is C9H20N2O4. The van der Waals surface area contributed by atoms with Gasteiger partial charge < -0.3 is 25.6 Å². The molecule has 6 nitrogen and oxygen atoms in total. The quantitative estimate of drug-likeness (QED) is 0.389. The summed E-state index contributed by atoms with van der Waals surface area (Å²) in [4.78, 5) is 10.3. The lowest BCUT2D eigenvalue weighted by Crippen LogP contribution is -2.33. The average molecular weight is 220 g/mol. The van der Waals surface area contributed by atoms with Crippen LogP contribution in [0.3, 0.4) is 0 Å². The Morgan fingerprint density at radius 1 is 1.53 bits per heavy atom. The zero-order valence-corrected chi connectivity index (χ0v) is 9.07. The van der Waals surface area contributed by atoms with Crippen molar-refractivity contribution in [1.82, 2.24) is 5.32 Å². The minimum atomic E-state index is -0.513. The van der Waals surface area contributed by atoms with Crippen LogP contribution in [0.15, 0.2) is 0 Å². The predicted molar refractivity (Wildman–Crippen MR) is 55.4 cm³/mol. The summed E-state index contributed by atoms with van der Waals surface area (Å²) in [5, 5.41) is 12.3. The van der Waals surface area contributed by atoms with Crippen molar-refractivity contribution in [3.05, 3.63) is 0 Å². The van der Waals surface area contributed by atoms with Crippen LogP contribution in [0.2, 0.25) is 0 Å². The smallest absolute Gasteiger partial charge is 0.243 e. The molecule has 0 aliphatic heterocycles. The van der Waals surface area contributed by atoms with E-state index in [2.05, 4.69) is 5.32 Å². The van der Waals surface area contributed by atoms with E-state index in [0.29, 0.717) is 32.9 Å². The van der Waals surface area contributed by atoms with Gasteiger partial charge in [0.05, 0.1) is 19.3 Å². The summed E-state index contributed by atoms with van der Waals surface area (Å²) in [5.74, 6) is -0.480. The molecule has 4 N–H and O–H groups in total. The number of aliphatic hydroxyl groups excluding tert-OH is 1. The lowest BCUT2D eigenvalue weighted by Gasteiger charge is -2.11. The zero-order chi connectivity index (χ0) is 11.5. The molecule has 15 heavy (non-hydrogen) atoms. The summed E-state index contributed by atoms with van der Waals surface area (Å²) in [6, 6.07) is 0. The highest BCUT2D eigenvalue weighted by atomic mass is 16.5. The molecule has 0 aromatic carbocycles. The van der Waals surface area contributed by atoms with E-state index in [1.54, 1.807) is 0 Å². The molecule has 0 bridgehead atoms. The van der Waals surface area contributed by atoms with Crippen LogP contribution in [-0.4, -0.2) is 56.6 Å². The molecule has 0 aromatic rings. The van der Waals surface area contributed by atoms with Crippen LogP contribution >= 0.6 is 0 Å². The van der Waals surface area contributed by atoms with Crippen LogP contribution < -0.4 is 11.1 Å². The van der Waals surface area contributed by atoms with Gasteiger partial charge in [-0.3, -0.25) is 4.79 Å². The van der Waals surface area contributed by atoms with Crippen molar-refractivity contribution in [2.75, 3.05) is 39.5 Å².